The molecule has 1 aliphatic heterocycles. The summed E-state index contributed by atoms with van der Waals surface area (Å²) in [6.07, 6.45) is -0.188. The Labute approximate surface area is 124 Å². The van der Waals surface area contributed by atoms with Gasteiger partial charge in [-0.25, -0.2) is 4.79 Å². The number of amides is 1. The van der Waals surface area contributed by atoms with Gasteiger partial charge in [-0.2, -0.15) is 0 Å². The molecule has 0 aromatic heterocycles. The standard InChI is InChI=1S/C12H19NO6.C2H6/c1-12(2,3)19-11(18)13-5-4-7(6-13)8(9(14)15)10(16)17;1-2/h7-8H,4-6H2,1-3H3,(H,14,15)(H,16,17);1-2H3/t7-;/m0./s1. The molecule has 2 N–H and O–H groups in total. The number of nitrogens with zero attached hydrogens (tertiary/aromatic N) is 1. The van der Waals surface area contributed by atoms with Crippen molar-refractivity contribution in [2.45, 2.75) is 46.6 Å². The Morgan fingerprint density at radius 2 is 1.62 bits per heavy atom. The zero-order valence-electron chi connectivity index (χ0n) is 13.3. The van der Waals surface area contributed by atoms with E-state index in [0.29, 0.717) is 13.0 Å². The van der Waals surface area contributed by atoms with Crippen molar-refractivity contribution in [2.75, 3.05) is 13.1 Å². The molecular weight excluding hydrogens is 278 g/mol. The van der Waals surface area contributed by atoms with Crippen molar-refractivity contribution >= 4 is 18.0 Å². The Morgan fingerprint density at radius 1 is 1.14 bits per heavy atom. The smallest absolute Gasteiger partial charge is 0.410 e. The first kappa shape index (κ1) is 19.2. The SMILES string of the molecule is CC.CC(C)(C)OC(=O)N1CC[C@H](C(C(=O)O)C(=O)O)C1. The van der Waals surface area contributed by atoms with Crippen LogP contribution in [0.15, 0.2) is 0 Å². The third-order valence-corrected chi connectivity index (χ3v) is 2.88. The maximum atomic E-state index is 11.8. The van der Waals surface area contributed by atoms with Gasteiger partial charge in [0, 0.05) is 19.0 Å². The van der Waals surface area contributed by atoms with Crippen LogP contribution in [-0.4, -0.2) is 51.8 Å². The quantitative estimate of drug-likeness (QED) is 0.773. The highest BCUT2D eigenvalue weighted by Gasteiger charge is 2.41. The van der Waals surface area contributed by atoms with Crippen LogP contribution in [0.1, 0.15) is 41.0 Å². The number of rotatable bonds is 3. The van der Waals surface area contributed by atoms with Crippen molar-refractivity contribution in [3.63, 3.8) is 0 Å². The molecule has 0 aromatic rings. The van der Waals surface area contributed by atoms with Gasteiger partial charge in [-0.1, -0.05) is 13.8 Å². The minimum atomic E-state index is -1.48. The highest BCUT2D eigenvalue weighted by Crippen LogP contribution is 2.26. The number of hydrogen-bond donors (Lipinski definition) is 2. The molecule has 0 saturated carbocycles. The minimum Gasteiger partial charge on any atom is -0.481 e. The number of aliphatic carboxylic acids is 2. The van der Waals surface area contributed by atoms with Crippen molar-refractivity contribution < 1.29 is 29.3 Å². The van der Waals surface area contributed by atoms with Crippen molar-refractivity contribution in [1.29, 1.82) is 0 Å². The summed E-state index contributed by atoms with van der Waals surface area (Å²) in [6.45, 7) is 9.61. The molecule has 1 aliphatic rings. The van der Waals surface area contributed by atoms with Crippen molar-refractivity contribution in [3.05, 3.63) is 0 Å². The molecule has 0 unspecified atom stereocenters. The van der Waals surface area contributed by atoms with Crippen molar-refractivity contribution in [1.82, 2.24) is 4.90 Å². The van der Waals surface area contributed by atoms with Gasteiger partial charge in [-0.3, -0.25) is 9.59 Å². The highest BCUT2D eigenvalue weighted by atomic mass is 16.6. The fourth-order valence-electron chi connectivity index (χ4n) is 2.06. The Balaban J connectivity index is 0.00000191. The van der Waals surface area contributed by atoms with Crippen LogP contribution >= 0.6 is 0 Å². The van der Waals surface area contributed by atoms with Crippen LogP contribution in [0.25, 0.3) is 0 Å². The molecule has 7 heteroatoms. The van der Waals surface area contributed by atoms with Crippen LogP contribution in [-0.2, 0) is 14.3 Å². The molecular formula is C14H25NO6. The molecule has 0 aliphatic carbocycles. The summed E-state index contributed by atoms with van der Waals surface area (Å²) in [4.78, 5) is 35.0. The van der Waals surface area contributed by atoms with Gasteiger partial charge < -0.3 is 19.8 Å². The summed E-state index contributed by atoms with van der Waals surface area (Å²) in [7, 11) is 0. The number of carboxylic acids is 2. The molecule has 0 spiro atoms. The van der Waals surface area contributed by atoms with Crippen LogP contribution in [0.4, 0.5) is 4.79 Å². The predicted molar refractivity (Wildman–Crippen MR) is 76.0 cm³/mol. The first-order chi connectivity index (χ1) is 9.61. The van der Waals surface area contributed by atoms with Crippen LogP contribution in [0.2, 0.25) is 0 Å². The lowest BCUT2D eigenvalue weighted by Crippen LogP contribution is -2.37. The van der Waals surface area contributed by atoms with Crippen LogP contribution in [0, 0.1) is 11.8 Å². The van der Waals surface area contributed by atoms with E-state index in [1.807, 2.05) is 13.8 Å². The second-order valence-electron chi connectivity index (χ2n) is 5.63. The molecule has 1 amide bonds. The van der Waals surface area contributed by atoms with Gasteiger partial charge in [-0.15, -0.1) is 0 Å². The van der Waals surface area contributed by atoms with Crippen LogP contribution < -0.4 is 0 Å². The zero-order valence-corrected chi connectivity index (χ0v) is 13.3. The van der Waals surface area contributed by atoms with Gasteiger partial charge in [0.2, 0.25) is 0 Å². The monoisotopic (exact) mass is 303 g/mol. The zero-order chi connectivity index (χ0) is 16.8. The van der Waals surface area contributed by atoms with E-state index < -0.39 is 35.5 Å². The Kier molecular flexibility index (Phi) is 7.18. The molecule has 0 aromatic carbocycles. The third kappa shape index (κ3) is 6.01. The van der Waals surface area contributed by atoms with Crippen molar-refractivity contribution in [2.24, 2.45) is 11.8 Å². The molecule has 0 radical (unpaired) electrons. The maximum absolute atomic E-state index is 11.8. The molecule has 7 nitrogen and oxygen atoms in total. The fraction of sp³-hybridized carbons (Fsp3) is 0.786. The third-order valence-electron chi connectivity index (χ3n) is 2.88. The van der Waals surface area contributed by atoms with E-state index in [1.54, 1.807) is 20.8 Å². The van der Waals surface area contributed by atoms with E-state index in [4.69, 9.17) is 14.9 Å². The predicted octanol–water partition coefficient (Wildman–Crippen LogP) is 2.05. The van der Waals surface area contributed by atoms with Crippen molar-refractivity contribution in [3.8, 4) is 0 Å². The second kappa shape index (κ2) is 7.85. The van der Waals surface area contributed by atoms with E-state index >= 15 is 0 Å². The van der Waals surface area contributed by atoms with Gasteiger partial charge in [0.15, 0.2) is 5.92 Å². The van der Waals surface area contributed by atoms with E-state index in [2.05, 4.69) is 0 Å². The topological polar surface area (TPSA) is 104 Å². The lowest BCUT2D eigenvalue weighted by molar-refractivity contribution is -0.157. The number of likely N-dealkylation sites (tertiary alicyclic amines) is 1. The normalized spacial score (nSPS) is 18.0. The average Bonchev–Trinajstić information content (AvgIpc) is 2.77. The molecule has 1 heterocycles. The first-order valence-corrected chi connectivity index (χ1v) is 7.05. The summed E-state index contributed by atoms with van der Waals surface area (Å²) in [5.41, 5.74) is -0.631. The molecule has 1 saturated heterocycles. The molecule has 0 bridgehead atoms. The lowest BCUT2D eigenvalue weighted by atomic mass is 9.92. The fourth-order valence-corrected chi connectivity index (χ4v) is 2.06. The average molecular weight is 303 g/mol. The summed E-state index contributed by atoms with van der Waals surface area (Å²) in [5.74, 6) is -4.80. The number of ether oxygens (including phenoxy) is 1. The minimum absolute atomic E-state index is 0.0954. The van der Waals surface area contributed by atoms with E-state index in [0.717, 1.165) is 0 Å². The molecule has 21 heavy (non-hydrogen) atoms. The molecule has 122 valence electrons. The van der Waals surface area contributed by atoms with E-state index in [9.17, 15) is 14.4 Å². The summed E-state index contributed by atoms with van der Waals surface area (Å²) >= 11 is 0. The van der Waals surface area contributed by atoms with Gasteiger partial charge in [0.05, 0.1) is 0 Å². The lowest BCUT2D eigenvalue weighted by Gasteiger charge is -2.24. The molecule has 1 rings (SSSR count). The number of carbonyl (C=O) groups is 3. The number of carboxylic acid groups (broad SMARTS) is 2. The van der Waals surface area contributed by atoms with Gasteiger partial charge in [-0.05, 0) is 27.2 Å². The maximum Gasteiger partial charge on any atom is 0.410 e. The Hall–Kier alpha value is -1.79. The number of carbonyl (C=O) groups excluding carboxylic acids is 1. The number of hydrogen-bond acceptors (Lipinski definition) is 4. The van der Waals surface area contributed by atoms with E-state index in [-0.39, 0.29) is 6.54 Å². The molecule has 1 fully saturated rings. The van der Waals surface area contributed by atoms with Gasteiger partial charge >= 0.3 is 18.0 Å². The van der Waals surface area contributed by atoms with E-state index in [1.165, 1.54) is 4.90 Å². The van der Waals surface area contributed by atoms with Gasteiger partial charge in [0.25, 0.3) is 0 Å². The van der Waals surface area contributed by atoms with Crippen LogP contribution in [0.5, 0.6) is 0 Å². The highest BCUT2D eigenvalue weighted by molar-refractivity contribution is 5.93. The summed E-state index contributed by atoms with van der Waals surface area (Å²) in [6, 6.07) is 0. The largest absolute Gasteiger partial charge is 0.481 e. The van der Waals surface area contributed by atoms with Gasteiger partial charge in [0.1, 0.15) is 5.60 Å². The summed E-state index contributed by atoms with van der Waals surface area (Å²) in [5, 5.41) is 17.8. The first-order valence-electron chi connectivity index (χ1n) is 7.05. The Bertz CT molecular complexity index is 373. The summed E-state index contributed by atoms with van der Waals surface area (Å²) < 4.78 is 5.16. The molecule has 1 atom stereocenters. The van der Waals surface area contributed by atoms with Crippen LogP contribution in [0.3, 0.4) is 0 Å². The second-order valence-corrected chi connectivity index (χ2v) is 5.63. The Morgan fingerprint density at radius 3 is 2.00 bits per heavy atom.